The number of ether oxygens (including phenoxy) is 1. The number of pyridine rings is 1. The standard InChI is InChI=1S/C24H32NO/c1-17-9-12-20(25(5)15-17)21-18(2)10-11-19-22(21)26-24(16-23(19,3)4)13-7-6-8-14-24/h9-12,15H,6-8,13-14,16H2,1-5H3/q+1/i1D3. The first kappa shape index (κ1) is 14.3. The van der Waals surface area contributed by atoms with E-state index in [1.807, 2.05) is 17.7 Å². The second-order valence-corrected chi connectivity index (χ2v) is 8.95. The fraction of sp³-hybridized carbons (Fsp3) is 0.542. The minimum Gasteiger partial charge on any atom is -0.486 e. The van der Waals surface area contributed by atoms with Gasteiger partial charge in [0.25, 0.3) is 0 Å². The van der Waals surface area contributed by atoms with E-state index in [0.29, 0.717) is 5.56 Å². The van der Waals surface area contributed by atoms with Crippen molar-refractivity contribution < 1.29 is 13.4 Å². The highest BCUT2D eigenvalue weighted by molar-refractivity contribution is 5.72. The summed E-state index contributed by atoms with van der Waals surface area (Å²) < 4.78 is 32.0. The van der Waals surface area contributed by atoms with Crippen molar-refractivity contribution in [3.63, 3.8) is 0 Å². The van der Waals surface area contributed by atoms with Crippen LogP contribution in [0.2, 0.25) is 0 Å². The Labute approximate surface area is 162 Å². The lowest BCUT2D eigenvalue weighted by atomic mass is 9.67. The summed E-state index contributed by atoms with van der Waals surface area (Å²) in [5.74, 6) is 1.00. The molecule has 1 fully saturated rings. The van der Waals surface area contributed by atoms with Crippen LogP contribution in [-0.4, -0.2) is 5.60 Å². The van der Waals surface area contributed by atoms with E-state index in [-0.39, 0.29) is 11.0 Å². The van der Waals surface area contributed by atoms with Crippen LogP contribution in [0.3, 0.4) is 0 Å². The van der Waals surface area contributed by atoms with E-state index >= 15 is 0 Å². The van der Waals surface area contributed by atoms with Gasteiger partial charge in [-0.3, -0.25) is 0 Å². The van der Waals surface area contributed by atoms with Crippen molar-refractivity contribution >= 4 is 0 Å². The third kappa shape index (κ3) is 2.84. The van der Waals surface area contributed by atoms with Crippen LogP contribution in [0.25, 0.3) is 11.3 Å². The average Bonchev–Trinajstić information content (AvgIpc) is 2.61. The van der Waals surface area contributed by atoms with E-state index in [1.54, 1.807) is 12.3 Å². The molecule has 2 nitrogen and oxygen atoms in total. The van der Waals surface area contributed by atoms with Gasteiger partial charge in [0, 0.05) is 21.3 Å². The van der Waals surface area contributed by atoms with Crippen LogP contribution in [0, 0.1) is 13.8 Å². The molecule has 0 atom stereocenters. The maximum atomic E-state index is 7.72. The highest BCUT2D eigenvalue weighted by atomic mass is 16.5. The fourth-order valence-electron chi connectivity index (χ4n) is 5.13. The van der Waals surface area contributed by atoms with Crippen molar-refractivity contribution in [2.75, 3.05) is 0 Å². The maximum Gasteiger partial charge on any atom is 0.216 e. The van der Waals surface area contributed by atoms with Gasteiger partial charge in [0.1, 0.15) is 18.4 Å². The minimum absolute atomic E-state index is 0.0462. The highest BCUT2D eigenvalue weighted by Gasteiger charge is 2.46. The molecule has 0 radical (unpaired) electrons. The van der Waals surface area contributed by atoms with Gasteiger partial charge in [0.05, 0.1) is 5.56 Å². The van der Waals surface area contributed by atoms with Gasteiger partial charge in [-0.25, -0.2) is 4.57 Å². The first-order valence-corrected chi connectivity index (χ1v) is 9.86. The van der Waals surface area contributed by atoms with E-state index in [9.17, 15) is 0 Å². The number of nitrogens with zero attached hydrogens (tertiary/aromatic N) is 1. The van der Waals surface area contributed by atoms with E-state index in [0.717, 1.165) is 41.8 Å². The van der Waals surface area contributed by atoms with Crippen LogP contribution >= 0.6 is 0 Å². The van der Waals surface area contributed by atoms with Gasteiger partial charge >= 0.3 is 0 Å². The maximum absolute atomic E-state index is 7.72. The third-order valence-electron chi connectivity index (χ3n) is 6.33. The molecule has 1 aliphatic heterocycles. The van der Waals surface area contributed by atoms with Gasteiger partial charge in [-0.2, -0.15) is 0 Å². The molecular weight excluding hydrogens is 318 g/mol. The number of hydrogen-bond acceptors (Lipinski definition) is 1. The van der Waals surface area contributed by atoms with Crippen LogP contribution < -0.4 is 9.30 Å². The summed E-state index contributed by atoms with van der Waals surface area (Å²) in [6.45, 7) is 4.68. The number of fused-ring (bicyclic) bond motifs is 1. The van der Waals surface area contributed by atoms with Crippen molar-refractivity contribution in [2.45, 2.75) is 77.2 Å². The Morgan fingerprint density at radius 2 is 1.85 bits per heavy atom. The number of aromatic nitrogens is 1. The summed E-state index contributed by atoms with van der Waals surface area (Å²) in [6.07, 6.45) is 8.78. The van der Waals surface area contributed by atoms with Gasteiger partial charge in [-0.05, 0) is 62.9 Å². The zero-order valence-corrected chi connectivity index (χ0v) is 16.5. The SMILES string of the molecule is [2H]C([2H])([2H])c1ccc(-c2c(C)ccc3c2OC2(CCCCC2)CC3(C)C)[n+](C)c1. The van der Waals surface area contributed by atoms with Crippen LogP contribution in [0.5, 0.6) is 5.75 Å². The Kier molecular flexibility index (Phi) is 3.35. The summed E-state index contributed by atoms with van der Waals surface area (Å²) in [4.78, 5) is 0. The molecule has 4 rings (SSSR count). The number of benzene rings is 1. The van der Waals surface area contributed by atoms with Gasteiger partial charge in [0.2, 0.25) is 5.69 Å². The molecule has 2 aliphatic rings. The van der Waals surface area contributed by atoms with Crippen molar-refractivity contribution in [3.8, 4) is 17.0 Å². The van der Waals surface area contributed by atoms with Crippen LogP contribution in [0.1, 0.15) is 73.2 Å². The smallest absolute Gasteiger partial charge is 0.216 e. The highest BCUT2D eigenvalue weighted by Crippen LogP contribution is 2.53. The molecule has 2 aromatic rings. The monoisotopic (exact) mass is 353 g/mol. The van der Waals surface area contributed by atoms with E-state index in [2.05, 4.69) is 32.9 Å². The first-order valence-electron chi connectivity index (χ1n) is 11.4. The van der Waals surface area contributed by atoms with Gasteiger partial charge < -0.3 is 4.74 Å². The van der Waals surface area contributed by atoms with Gasteiger partial charge in [-0.1, -0.05) is 32.4 Å². The molecule has 1 spiro atoms. The Bertz CT molecular complexity index is 940. The van der Waals surface area contributed by atoms with Gasteiger partial charge in [0.15, 0.2) is 6.20 Å². The summed E-state index contributed by atoms with van der Waals surface area (Å²) in [7, 11) is 1.92. The predicted octanol–water partition coefficient (Wildman–Crippen LogP) is 5.56. The second-order valence-electron chi connectivity index (χ2n) is 8.95. The fourth-order valence-corrected chi connectivity index (χ4v) is 5.13. The number of aryl methyl sites for hydroxylation is 3. The lowest BCUT2D eigenvalue weighted by Crippen LogP contribution is -2.47. The molecule has 1 aromatic heterocycles. The molecule has 0 N–H and O–H groups in total. The average molecular weight is 354 g/mol. The first-order chi connectivity index (χ1) is 13.5. The molecular formula is C24H32NO+. The molecule has 1 aromatic carbocycles. The number of hydrogen-bond donors (Lipinski definition) is 0. The summed E-state index contributed by atoms with van der Waals surface area (Å²) >= 11 is 0. The largest absolute Gasteiger partial charge is 0.486 e. The molecule has 26 heavy (non-hydrogen) atoms. The Balaban J connectivity index is 1.89. The molecule has 0 amide bonds. The molecule has 2 heterocycles. The topological polar surface area (TPSA) is 13.1 Å². The molecule has 0 unspecified atom stereocenters. The molecule has 1 aliphatic carbocycles. The molecule has 138 valence electrons. The predicted molar refractivity (Wildman–Crippen MR) is 107 cm³/mol. The lowest BCUT2D eigenvalue weighted by Gasteiger charge is -2.48. The zero-order chi connectivity index (χ0) is 21.0. The van der Waals surface area contributed by atoms with Crippen molar-refractivity contribution in [1.82, 2.24) is 0 Å². The lowest BCUT2D eigenvalue weighted by molar-refractivity contribution is -0.660. The van der Waals surface area contributed by atoms with E-state index in [4.69, 9.17) is 8.85 Å². The van der Waals surface area contributed by atoms with Crippen LogP contribution in [-0.2, 0) is 12.5 Å². The Morgan fingerprint density at radius 3 is 2.54 bits per heavy atom. The second kappa shape index (κ2) is 6.11. The summed E-state index contributed by atoms with van der Waals surface area (Å²) in [6, 6.07) is 8.06. The van der Waals surface area contributed by atoms with Crippen LogP contribution in [0.4, 0.5) is 0 Å². The van der Waals surface area contributed by atoms with E-state index < -0.39 is 6.85 Å². The quantitative estimate of drug-likeness (QED) is 0.612. The number of rotatable bonds is 1. The van der Waals surface area contributed by atoms with Crippen molar-refractivity contribution in [3.05, 3.63) is 47.2 Å². The minimum atomic E-state index is -2.11. The van der Waals surface area contributed by atoms with Crippen molar-refractivity contribution in [2.24, 2.45) is 7.05 Å². The Morgan fingerprint density at radius 1 is 1.08 bits per heavy atom. The zero-order valence-electron chi connectivity index (χ0n) is 19.5. The molecule has 1 saturated carbocycles. The molecule has 0 saturated heterocycles. The summed E-state index contributed by atoms with van der Waals surface area (Å²) in [5.41, 5.74) is 4.84. The van der Waals surface area contributed by atoms with Gasteiger partial charge in [-0.15, -0.1) is 0 Å². The third-order valence-corrected chi connectivity index (χ3v) is 6.33. The molecule has 2 heteroatoms. The van der Waals surface area contributed by atoms with Crippen LogP contribution in [0.15, 0.2) is 30.5 Å². The van der Waals surface area contributed by atoms with E-state index in [1.165, 1.54) is 24.8 Å². The molecule has 0 bridgehead atoms. The normalized spacial score (nSPS) is 22.7. The van der Waals surface area contributed by atoms with Crippen molar-refractivity contribution in [1.29, 1.82) is 0 Å². The Hall–Kier alpha value is -1.83. The summed E-state index contributed by atoms with van der Waals surface area (Å²) in [5, 5.41) is 0.